The highest BCUT2D eigenvalue weighted by Crippen LogP contribution is 2.22. The summed E-state index contributed by atoms with van der Waals surface area (Å²) in [5, 5.41) is 6.25. The summed E-state index contributed by atoms with van der Waals surface area (Å²) in [6.45, 7) is 0. The van der Waals surface area contributed by atoms with Gasteiger partial charge in [-0.1, -0.05) is 22.0 Å². The zero-order chi connectivity index (χ0) is 18.2. The van der Waals surface area contributed by atoms with Crippen LogP contribution in [0.15, 0.2) is 52.0 Å². The first kappa shape index (κ1) is 18.5. The molecule has 130 valence electrons. The number of carbonyl (C=O) groups is 2. The van der Waals surface area contributed by atoms with E-state index in [1.807, 2.05) is 6.07 Å². The van der Waals surface area contributed by atoms with Gasteiger partial charge in [-0.25, -0.2) is 5.43 Å². The van der Waals surface area contributed by atoms with Gasteiger partial charge < -0.3 is 14.8 Å². The van der Waals surface area contributed by atoms with Gasteiger partial charge in [-0.2, -0.15) is 5.10 Å². The summed E-state index contributed by atoms with van der Waals surface area (Å²) >= 11 is 3.28. The fraction of sp³-hybridized carbons (Fsp3) is 0.118. The third kappa shape index (κ3) is 5.32. The molecule has 2 rings (SSSR count). The topological polar surface area (TPSA) is 89.0 Å². The number of ether oxygens (including phenoxy) is 2. The van der Waals surface area contributed by atoms with E-state index in [2.05, 4.69) is 31.8 Å². The molecule has 25 heavy (non-hydrogen) atoms. The van der Waals surface area contributed by atoms with Crippen LogP contribution in [0, 0.1) is 0 Å². The Balaban J connectivity index is 1.99. The Morgan fingerprint density at radius 3 is 2.56 bits per heavy atom. The van der Waals surface area contributed by atoms with Crippen LogP contribution in [-0.4, -0.2) is 32.2 Å². The van der Waals surface area contributed by atoms with Crippen molar-refractivity contribution in [1.82, 2.24) is 5.43 Å². The predicted molar refractivity (Wildman–Crippen MR) is 98.1 cm³/mol. The van der Waals surface area contributed by atoms with E-state index in [9.17, 15) is 9.59 Å². The van der Waals surface area contributed by atoms with Crippen LogP contribution in [-0.2, 0) is 9.59 Å². The number of rotatable bonds is 5. The van der Waals surface area contributed by atoms with Crippen molar-refractivity contribution in [2.24, 2.45) is 5.10 Å². The highest BCUT2D eigenvalue weighted by molar-refractivity contribution is 9.10. The van der Waals surface area contributed by atoms with Crippen LogP contribution >= 0.6 is 15.9 Å². The van der Waals surface area contributed by atoms with E-state index in [0.717, 1.165) is 4.47 Å². The normalized spacial score (nSPS) is 10.4. The van der Waals surface area contributed by atoms with Gasteiger partial charge in [0.2, 0.25) is 0 Å². The van der Waals surface area contributed by atoms with E-state index >= 15 is 0 Å². The summed E-state index contributed by atoms with van der Waals surface area (Å²) in [7, 11) is 3.06. The van der Waals surface area contributed by atoms with Crippen LogP contribution < -0.4 is 20.2 Å². The molecule has 8 heteroatoms. The van der Waals surface area contributed by atoms with E-state index in [4.69, 9.17) is 9.47 Å². The molecule has 2 N–H and O–H groups in total. The van der Waals surface area contributed by atoms with Crippen LogP contribution in [0.3, 0.4) is 0 Å². The molecule has 2 aromatic carbocycles. The number of hydrogen-bond acceptors (Lipinski definition) is 5. The van der Waals surface area contributed by atoms with Crippen LogP contribution in [0.25, 0.3) is 0 Å². The van der Waals surface area contributed by atoms with E-state index < -0.39 is 11.8 Å². The summed E-state index contributed by atoms with van der Waals surface area (Å²) in [6, 6.07) is 12.0. The van der Waals surface area contributed by atoms with E-state index in [-0.39, 0.29) is 0 Å². The van der Waals surface area contributed by atoms with Crippen LogP contribution in [0.1, 0.15) is 5.56 Å². The molecule has 0 bridgehead atoms. The molecule has 0 aliphatic carbocycles. The Bertz CT molecular complexity index is 808. The Hall–Kier alpha value is -2.87. The lowest BCUT2D eigenvalue weighted by Gasteiger charge is -2.07. The van der Waals surface area contributed by atoms with E-state index in [1.165, 1.54) is 20.4 Å². The van der Waals surface area contributed by atoms with E-state index in [0.29, 0.717) is 22.7 Å². The lowest BCUT2D eigenvalue weighted by atomic mass is 10.2. The molecule has 2 amide bonds. The second kappa shape index (κ2) is 8.84. The molecule has 0 saturated heterocycles. The molecule has 0 spiro atoms. The van der Waals surface area contributed by atoms with Crippen molar-refractivity contribution < 1.29 is 19.1 Å². The predicted octanol–water partition coefficient (Wildman–Crippen LogP) is 2.56. The Kier molecular flexibility index (Phi) is 6.53. The lowest BCUT2D eigenvalue weighted by Crippen LogP contribution is -2.32. The molecule has 0 radical (unpaired) electrons. The number of nitrogens with zero attached hydrogens (tertiary/aromatic N) is 1. The average molecular weight is 406 g/mol. The zero-order valence-corrected chi connectivity index (χ0v) is 15.2. The maximum atomic E-state index is 11.8. The summed E-state index contributed by atoms with van der Waals surface area (Å²) in [4.78, 5) is 23.6. The highest BCUT2D eigenvalue weighted by atomic mass is 79.9. The maximum Gasteiger partial charge on any atom is 0.329 e. The molecule has 2 aromatic rings. The number of methoxy groups -OCH3 is 2. The molecule has 0 atom stereocenters. The molecule has 0 aliphatic rings. The van der Waals surface area contributed by atoms with Crippen molar-refractivity contribution in [1.29, 1.82) is 0 Å². The Morgan fingerprint density at radius 1 is 1.08 bits per heavy atom. The first-order valence-corrected chi connectivity index (χ1v) is 7.94. The quantitative estimate of drug-likeness (QED) is 0.454. The van der Waals surface area contributed by atoms with Crippen LogP contribution in [0.4, 0.5) is 5.69 Å². The molecular formula is C17H16BrN3O4. The maximum absolute atomic E-state index is 11.8. The summed E-state index contributed by atoms with van der Waals surface area (Å²) in [6.07, 6.45) is 1.37. The molecule has 7 nitrogen and oxygen atoms in total. The molecule has 0 fully saturated rings. The van der Waals surface area contributed by atoms with Gasteiger partial charge in [0.1, 0.15) is 11.5 Å². The number of benzene rings is 2. The Labute approximate surface area is 153 Å². The first-order valence-electron chi connectivity index (χ1n) is 7.15. The monoisotopic (exact) mass is 405 g/mol. The van der Waals surface area contributed by atoms with Crippen LogP contribution in [0.2, 0.25) is 0 Å². The highest BCUT2D eigenvalue weighted by Gasteiger charge is 2.13. The van der Waals surface area contributed by atoms with Gasteiger partial charge in [-0.05, 0) is 36.4 Å². The molecule has 0 unspecified atom stereocenters. The minimum Gasteiger partial charge on any atom is -0.497 e. The Morgan fingerprint density at radius 2 is 1.88 bits per heavy atom. The summed E-state index contributed by atoms with van der Waals surface area (Å²) in [5.74, 6) is -0.552. The van der Waals surface area contributed by atoms with Gasteiger partial charge in [0.05, 0.1) is 20.4 Å². The number of anilines is 1. The van der Waals surface area contributed by atoms with Gasteiger partial charge in [-0.3, -0.25) is 9.59 Å². The van der Waals surface area contributed by atoms with Crippen molar-refractivity contribution in [2.45, 2.75) is 0 Å². The fourth-order valence-electron chi connectivity index (χ4n) is 1.91. The second-order valence-corrected chi connectivity index (χ2v) is 5.69. The van der Waals surface area contributed by atoms with Gasteiger partial charge >= 0.3 is 11.8 Å². The smallest absolute Gasteiger partial charge is 0.329 e. The minimum atomic E-state index is -0.891. The van der Waals surface area contributed by atoms with Gasteiger partial charge in [0.15, 0.2) is 0 Å². The number of carbonyl (C=O) groups excluding carboxylic acids is 2. The SMILES string of the molecule is COc1ccc(OC)c(/C=N\NC(=O)C(=O)Nc2cccc(Br)c2)c1. The molecule has 0 heterocycles. The van der Waals surface area contributed by atoms with Gasteiger partial charge in [0.25, 0.3) is 0 Å². The van der Waals surface area contributed by atoms with Crippen molar-refractivity contribution >= 4 is 39.6 Å². The molecule has 0 aromatic heterocycles. The minimum absolute atomic E-state index is 0.493. The standard InChI is InChI=1S/C17H16BrN3O4/c1-24-14-6-7-15(25-2)11(8-14)10-19-21-17(23)16(22)20-13-5-3-4-12(18)9-13/h3-10H,1-2H3,(H,20,22)(H,21,23)/b19-10-. The number of halogens is 1. The lowest BCUT2D eigenvalue weighted by molar-refractivity contribution is -0.136. The van der Waals surface area contributed by atoms with Gasteiger partial charge in [0, 0.05) is 15.7 Å². The largest absolute Gasteiger partial charge is 0.497 e. The molecular weight excluding hydrogens is 390 g/mol. The van der Waals surface area contributed by atoms with E-state index in [1.54, 1.807) is 36.4 Å². The van der Waals surface area contributed by atoms with Crippen molar-refractivity contribution in [3.63, 3.8) is 0 Å². The van der Waals surface area contributed by atoms with Crippen molar-refractivity contribution in [3.8, 4) is 11.5 Å². The fourth-order valence-corrected chi connectivity index (χ4v) is 2.30. The number of nitrogens with one attached hydrogen (secondary N) is 2. The number of hydrazone groups is 1. The first-order chi connectivity index (χ1) is 12.0. The molecule has 0 saturated carbocycles. The van der Waals surface area contributed by atoms with Crippen LogP contribution in [0.5, 0.6) is 11.5 Å². The number of amides is 2. The van der Waals surface area contributed by atoms with Crippen molar-refractivity contribution in [2.75, 3.05) is 19.5 Å². The molecule has 0 aliphatic heterocycles. The zero-order valence-electron chi connectivity index (χ0n) is 13.6. The van der Waals surface area contributed by atoms with Crippen molar-refractivity contribution in [3.05, 3.63) is 52.5 Å². The third-order valence-electron chi connectivity index (χ3n) is 3.10. The summed E-state index contributed by atoms with van der Waals surface area (Å²) < 4.78 is 11.1. The third-order valence-corrected chi connectivity index (χ3v) is 3.59. The number of hydrogen-bond donors (Lipinski definition) is 2. The second-order valence-electron chi connectivity index (χ2n) is 4.77. The average Bonchev–Trinajstić information content (AvgIpc) is 2.61. The van der Waals surface area contributed by atoms with Gasteiger partial charge in [-0.15, -0.1) is 0 Å². The summed E-state index contributed by atoms with van der Waals surface area (Å²) in [5.41, 5.74) is 3.25.